The van der Waals surface area contributed by atoms with Crippen molar-refractivity contribution in [1.82, 2.24) is 20.3 Å². The molecule has 8 nitrogen and oxygen atoms in total. The molecule has 2 aromatic rings. The molecular formula is C25H32N4O4. The number of carbonyl (C=O) groups excluding carboxylic acids is 2. The van der Waals surface area contributed by atoms with Gasteiger partial charge in [0.2, 0.25) is 5.91 Å². The topological polar surface area (TPSA) is 87.9 Å². The predicted octanol–water partition coefficient (Wildman–Crippen LogP) is 2.27. The summed E-state index contributed by atoms with van der Waals surface area (Å²) in [6, 6.07) is 10.2. The van der Waals surface area contributed by atoms with Crippen molar-refractivity contribution in [3.63, 3.8) is 0 Å². The van der Waals surface area contributed by atoms with Crippen LogP contribution in [0.25, 0.3) is 0 Å². The van der Waals surface area contributed by atoms with Crippen LogP contribution >= 0.6 is 0 Å². The normalized spacial score (nSPS) is 25.8. The maximum absolute atomic E-state index is 12.8. The third kappa shape index (κ3) is 4.82. The van der Waals surface area contributed by atoms with Crippen LogP contribution in [0.4, 0.5) is 0 Å². The quantitative estimate of drug-likeness (QED) is 0.694. The second kappa shape index (κ2) is 9.65. The Hall–Kier alpha value is -2.71. The molecule has 3 unspecified atom stereocenters. The van der Waals surface area contributed by atoms with Gasteiger partial charge in [-0.05, 0) is 37.2 Å². The molecule has 0 aliphatic carbocycles. The molecule has 0 saturated carbocycles. The summed E-state index contributed by atoms with van der Waals surface area (Å²) in [5, 5.41) is 7.02. The van der Waals surface area contributed by atoms with E-state index in [0.717, 1.165) is 51.1 Å². The van der Waals surface area contributed by atoms with Crippen LogP contribution in [0.15, 0.2) is 41.1 Å². The Bertz CT molecular complexity index is 958. The molecule has 176 valence electrons. The van der Waals surface area contributed by atoms with Gasteiger partial charge >= 0.3 is 0 Å². The van der Waals surface area contributed by atoms with E-state index in [-0.39, 0.29) is 23.8 Å². The molecule has 4 heterocycles. The monoisotopic (exact) mass is 452 g/mol. The Morgan fingerprint density at radius 2 is 1.91 bits per heavy atom. The zero-order valence-electron chi connectivity index (χ0n) is 19.1. The number of rotatable bonds is 7. The summed E-state index contributed by atoms with van der Waals surface area (Å²) >= 11 is 0. The summed E-state index contributed by atoms with van der Waals surface area (Å²) < 4.78 is 10.5. The van der Waals surface area contributed by atoms with Gasteiger partial charge in [-0.3, -0.25) is 9.59 Å². The predicted molar refractivity (Wildman–Crippen MR) is 121 cm³/mol. The molecule has 3 aliphatic heterocycles. The van der Waals surface area contributed by atoms with Crippen LogP contribution in [0.1, 0.15) is 40.6 Å². The molecule has 0 spiro atoms. The Morgan fingerprint density at radius 3 is 2.55 bits per heavy atom. The molecule has 0 radical (unpaired) electrons. The van der Waals surface area contributed by atoms with Crippen LogP contribution in [0.5, 0.6) is 0 Å². The van der Waals surface area contributed by atoms with Crippen molar-refractivity contribution in [2.75, 3.05) is 45.9 Å². The number of hydrogen-bond acceptors (Lipinski definition) is 6. The number of benzene rings is 1. The van der Waals surface area contributed by atoms with Gasteiger partial charge in [0.1, 0.15) is 11.3 Å². The first-order chi connectivity index (χ1) is 16.1. The first kappa shape index (κ1) is 22.1. The van der Waals surface area contributed by atoms with Crippen molar-refractivity contribution in [3.05, 3.63) is 53.4 Å². The van der Waals surface area contributed by atoms with Gasteiger partial charge in [-0.2, -0.15) is 0 Å². The number of carbonyl (C=O) groups is 2. The molecule has 0 bridgehead atoms. The number of fused-ring (bicyclic) bond motifs is 1. The van der Waals surface area contributed by atoms with Crippen LogP contribution < -0.4 is 5.32 Å². The number of ether oxygens (including phenoxy) is 1. The molecule has 3 fully saturated rings. The van der Waals surface area contributed by atoms with E-state index in [0.29, 0.717) is 36.4 Å². The van der Waals surface area contributed by atoms with Gasteiger partial charge in [-0.25, -0.2) is 0 Å². The molecule has 3 aliphatic rings. The number of aryl methyl sites for hydroxylation is 1. The fourth-order valence-electron chi connectivity index (χ4n) is 5.46. The summed E-state index contributed by atoms with van der Waals surface area (Å²) in [5.41, 5.74) is 1.71. The van der Waals surface area contributed by atoms with Crippen LogP contribution in [0, 0.1) is 24.7 Å². The zero-order chi connectivity index (χ0) is 22.8. The minimum atomic E-state index is -0.0417. The largest absolute Gasteiger partial charge is 0.381 e. The highest BCUT2D eigenvalue weighted by Crippen LogP contribution is 2.33. The maximum Gasteiger partial charge on any atom is 0.259 e. The highest BCUT2D eigenvalue weighted by molar-refractivity contribution is 5.95. The second-order valence-electron chi connectivity index (χ2n) is 9.61. The molecular weight excluding hydrogens is 420 g/mol. The van der Waals surface area contributed by atoms with Gasteiger partial charge in [0.25, 0.3) is 5.91 Å². The van der Waals surface area contributed by atoms with E-state index in [1.165, 1.54) is 6.20 Å². The Balaban J connectivity index is 1.15. The standard InChI is InChI=1S/C25H32N4O4/c1-17-22(11-26-33-17)25(31)29-14-20-12-28(13-21(20)15-29)9-7-23(18-5-3-2-4-6-18)27-24(30)19-8-10-32-16-19/h2-6,11,19-21,23H,7-10,12-16H2,1H3,(H,27,30)/t19?,20?,21?,23-/m0/s1. The van der Waals surface area contributed by atoms with Crippen molar-refractivity contribution in [2.45, 2.75) is 25.8 Å². The summed E-state index contributed by atoms with van der Waals surface area (Å²) in [6.07, 6.45) is 3.19. The van der Waals surface area contributed by atoms with Crippen molar-refractivity contribution in [2.24, 2.45) is 17.8 Å². The molecule has 2 amide bonds. The first-order valence-corrected chi connectivity index (χ1v) is 11.9. The van der Waals surface area contributed by atoms with E-state index in [4.69, 9.17) is 9.26 Å². The third-order valence-corrected chi connectivity index (χ3v) is 7.38. The average molecular weight is 453 g/mol. The van der Waals surface area contributed by atoms with E-state index >= 15 is 0 Å². The van der Waals surface area contributed by atoms with Crippen molar-refractivity contribution in [1.29, 1.82) is 0 Å². The smallest absolute Gasteiger partial charge is 0.259 e. The molecule has 1 aromatic heterocycles. The van der Waals surface area contributed by atoms with Crippen LogP contribution in [0.2, 0.25) is 0 Å². The lowest BCUT2D eigenvalue weighted by molar-refractivity contribution is -0.125. The Labute approximate surface area is 194 Å². The molecule has 1 N–H and O–H groups in total. The lowest BCUT2D eigenvalue weighted by Crippen LogP contribution is -2.37. The number of likely N-dealkylation sites (tertiary alicyclic amines) is 2. The molecule has 4 atom stereocenters. The van der Waals surface area contributed by atoms with Crippen LogP contribution in [-0.2, 0) is 9.53 Å². The second-order valence-corrected chi connectivity index (χ2v) is 9.61. The van der Waals surface area contributed by atoms with Gasteiger partial charge < -0.3 is 24.4 Å². The van der Waals surface area contributed by atoms with Crippen molar-refractivity contribution >= 4 is 11.8 Å². The van der Waals surface area contributed by atoms with Crippen molar-refractivity contribution < 1.29 is 18.8 Å². The van der Waals surface area contributed by atoms with E-state index in [9.17, 15) is 9.59 Å². The maximum atomic E-state index is 12.8. The lowest BCUT2D eigenvalue weighted by atomic mass is 10.0. The average Bonchev–Trinajstić information content (AvgIpc) is 3.61. The Morgan fingerprint density at radius 1 is 1.15 bits per heavy atom. The number of nitrogens with one attached hydrogen (secondary N) is 1. The third-order valence-electron chi connectivity index (χ3n) is 7.38. The van der Waals surface area contributed by atoms with E-state index in [2.05, 4.69) is 27.5 Å². The highest BCUT2D eigenvalue weighted by atomic mass is 16.5. The fourth-order valence-corrected chi connectivity index (χ4v) is 5.46. The zero-order valence-corrected chi connectivity index (χ0v) is 19.1. The van der Waals surface area contributed by atoms with Crippen LogP contribution in [-0.4, -0.2) is 72.7 Å². The van der Waals surface area contributed by atoms with Crippen LogP contribution in [0.3, 0.4) is 0 Å². The first-order valence-electron chi connectivity index (χ1n) is 11.9. The van der Waals surface area contributed by atoms with Gasteiger partial charge in [0.15, 0.2) is 0 Å². The number of aromatic nitrogens is 1. The minimum Gasteiger partial charge on any atom is -0.381 e. The van der Waals surface area contributed by atoms with Gasteiger partial charge in [0.05, 0.1) is 24.8 Å². The van der Waals surface area contributed by atoms with Gasteiger partial charge in [-0.15, -0.1) is 0 Å². The summed E-state index contributed by atoms with van der Waals surface area (Å²) in [4.78, 5) is 30.0. The van der Waals surface area contributed by atoms with E-state index in [1.807, 2.05) is 23.1 Å². The number of amides is 2. The summed E-state index contributed by atoms with van der Waals surface area (Å²) in [6.45, 7) is 7.43. The molecule has 3 saturated heterocycles. The highest BCUT2D eigenvalue weighted by Gasteiger charge is 2.42. The van der Waals surface area contributed by atoms with Gasteiger partial charge in [0, 0.05) is 39.3 Å². The van der Waals surface area contributed by atoms with Crippen molar-refractivity contribution in [3.8, 4) is 0 Å². The molecule has 8 heteroatoms. The number of nitrogens with zero attached hydrogens (tertiary/aromatic N) is 3. The minimum absolute atomic E-state index is 0.00520. The lowest BCUT2D eigenvalue weighted by Gasteiger charge is -2.25. The molecule has 5 rings (SSSR count). The molecule has 33 heavy (non-hydrogen) atoms. The van der Waals surface area contributed by atoms with Gasteiger partial charge in [-0.1, -0.05) is 35.5 Å². The van der Waals surface area contributed by atoms with E-state index < -0.39 is 0 Å². The fraction of sp³-hybridized carbons (Fsp3) is 0.560. The Kier molecular flexibility index (Phi) is 6.46. The SMILES string of the molecule is Cc1oncc1C(=O)N1CC2CN(CC[C@H](NC(=O)C3CCOC3)c3ccccc3)CC2C1. The number of hydrogen-bond donors (Lipinski definition) is 1. The van der Waals surface area contributed by atoms with E-state index in [1.54, 1.807) is 6.92 Å². The molecule has 1 aromatic carbocycles. The summed E-state index contributed by atoms with van der Waals surface area (Å²) in [5.74, 6) is 1.65. The summed E-state index contributed by atoms with van der Waals surface area (Å²) in [7, 11) is 0.